The van der Waals surface area contributed by atoms with E-state index in [9.17, 15) is 19.3 Å². The van der Waals surface area contributed by atoms with Gasteiger partial charge in [0.1, 0.15) is 5.82 Å². The van der Waals surface area contributed by atoms with Crippen molar-refractivity contribution in [3.63, 3.8) is 0 Å². The third kappa shape index (κ3) is 1.95. The van der Waals surface area contributed by atoms with Crippen LogP contribution in [0.3, 0.4) is 0 Å². The molecule has 0 aliphatic carbocycles. The van der Waals surface area contributed by atoms with Gasteiger partial charge in [0.15, 0.2) is 0 Å². The number of nitrogens with zero attached hydrogens (tertiary/aromatic N) is 2. The third-order valence-electron chi connectivity index (χ3n) is 1.23. The molecule has 1 aromatic heterocycles. The number of amides is 1. The minimum Gasteiger partial charge on any atom is -0.308 e. The third-order valence-corrected chi connectivity index (χ3v) is 1.23. The van der Waals surface area contributed by atoms with Crippen LogP contribution in [0, 0.1) is 15.9 Å². The number of nitrogens with one attached hydrogen (secondary N) is 1. The summed E-state index contributed by atoms with van der Waals surface area (Å²) >= 11 is 0. The van der Waals surface area contributed by atoms with E-state index in [2.05, 4.69) is 4.98 Å². The van der Waals surface area contributed by atoms with Gasteiger partial charge in [-0.15, -0.1) is 0 Å². The van der Waals surface area contributed by atoms with Gasteiger partial charge in [0, 0.05) is 0 Å². The molecular formula is C6H4FN3O3. The maximum atomic E-state index is 12.5. The second-order valence-corrected chi connectivity index (χ2v) is 2.04. The van der Waals surface area contributed by atoms with Gasteiger partial charge in [-0.3, -0.25) is 14.9 Å². The molecule has 1 amide bonds. The number of pyridine rings is 1. The summed E-state index contributed by atoms with van der Waals surface area (Å²) in [6.45, 7) is 0. The fourth-order valence-corrected chi connectivity index (χ4v) is 0.735. The van der Waals surface area contributed by atoms with E-state index >= 15 is 0 Å². The van der Waals surface area contributed by atoms with E-state index in [-0.39, 0.29) is 12.2 Å². The molecule has 1 rings (SSSR count). The summed E-state index contributed by atoms with van der Waals surface area (Å²) in [7, 11) is 0. The lowest BCUT2D eigenvalue weighted by Gasteiger charge is -1.98. The van der Waals surface area contributed by atoms with Crippen molar-refractivity contribution in [2.24, 2.45) is 0 Å². The van der Waals surface area contributed by atoms with Crippen LogP contribution >= 0.6 is 0 Å². The van der Waals surface area contributed by atoms with Crippen molar-refractivity contribution in [1.29, 1.82) is 0 Å². The van der Waals surface area contributed by atoms with E-state index in [0.29, 0.717) is 6.07 Å². The molecule has 0 radical (unpaired) electrons. The molecule has 7 heteroatoms. The Labute approximate surface area is 71.5 Å². The number of carbonyl (C=O) groups excluding carboxylic acids is 1. The normalized spacial score (nSPS) is 9.31. The molecule has 0 aliphatic heterocycles. The van der Waals surface area contributed by atoms with E-state index in [1.54, 1.807) is 0 Å². The smallest absolute Gasteiger partial charge is 0.308 e. The Hall–Kier alpha value is -2.05. The molecule has 0 bridgehead atoms. The van der Waals surface area contributed by atoms with Crippen molar-refractivity contribution in [2.45, 2.75) is 0 Å². The van der Waals surface area contributed by atoms with E-state index in [1.165, 1.54) is 0 Å². The summed E-state index contributed by atoms with van der Waals surface area (Å²) in [6, 6.07) is 0.679. The van der Waals surface area contributed by atoms with Crippen molar-refractivity contribution in [1.82, 2.24) is 4.98 Å². The lowest BCUT2D eigenvalue weighted by molar-refractivity contribution is -0.384. The number of halogens is 1. The maximum absolute atomic E-state index is 12.5. The lowest BCUT2D eigenvalue weighted by Crippen LogP contribution is -2.02. The van der Waals surface area contributed by atoms with Crippen molar-refractivity contribution < 1.29 is 14.1 Å². The molecule has 68 valence electrons. The van der Waals surface area contributed by atoms with Crippen LogP contribution in [0.1, 0.15) is 0 Å². The first-order valence-corrected chi connectivity index (χ1v) is 3.15. The first-order chi connectivity index (χ1) is 6.15. The molecule has 0 saturated heterocycles. The Morgan fingerprint density at radius 1 is 1.69 bits per heavy atom. The highest BCUT2D eigenvalue weighted by atomic mass is 19.1. The first kappa shape index (κ1) is 9.04. The van der Waals surface area contributed by atoms with Crippen LogP contribution in [0.25, 0.3) is 0 Å². The van der Waals surface area contributed by atoms with Crippen molar-refractivity contribution >= 4 is 17.9 Å². The van der Waals surface area contributed by atoms with Gasteiger partial charge in [0.2, 0.25) is 12.2 Å². The fourth-order valence-electron chi connectivity index (χ4n) is 0.735. The molecule has 0 aromatic carbocycles. The summed E-state index contributed by atoms with van der Waals surface area (Å²) in [4.78, 5) is 22.8. The van der Waals surface area contributed by atoms with Gasteiger partial charge < -0.3 is 5.32 Å². The summed E-state index contributed by atoms with van der Waals surface area (Å²) in [5.74, 6) is -1.11. The van der Waals surface area contributed by atoms with Crippen molar-refractivity contribution in [3.8, 4) is 0 Å². The SMILES string of the molecule is O=CNc1ncc(F)cc1[N+](=O)[O-]. The standard InChI is InChI=1S/C6H4FN3O3/c7-4-1-5(10(12)13)6(8-2-4)9-3-11/h1-3H,(H,8,9,11). The number of carbonyl (C=O) groups is 1. The number of hydrogen-bond acceptors (Lipinski definition) is 4. The average Bonchev–Trinajstić information content (AvgIpc) is 2.08. The van der Waals surface area contributed by atoms with Gasteiger partial charge in [-0.05, 0) is 0 Å². The van der Waals surface area contributed by atoms with Gasteiger partial charge in [-0.1, -0.05) is 0 Å². The summed E-state index contributed by atoms with van der Waals surface area (Å²) < 4.78 is 12.5. The van der Waals surface area contributed by atoms with Crippen LogP contribution < -0.4 is 5.32 Å². The topological polar surface area (TPSA) is 85.1 Å². The molecular weight excluding hydrogens is 181 g/mol. The van der Waals surface area contributed by atoms with Crippen molar-refractivity contribution in [2.75, 3.05) is 5.32 Å². The van der Waals surface area contributed by atoms with Crippen LogP contribution in [0.4, 0.5) is 15.9 Å². The summed E-state index contributed by atoms with van der Waals surface area (Å²) in [5, 5.41) is 12.3. The zero-order valence-corrected chi connectivity index (χ0v) is 6.23. The van der Waals surface area contributed by atoms with Gasteiger partial charge >= 0.3 is 5.69 Å². The molecule has 1 N–H and O–H groups in total. The Kier molecular flexibility index (Phi) is 2.48. The van der Waals surface area contributed by atoms with E-state index in [0.717, 1.165) is 6.20 Å². The number of nitro groups is 1. The van der Waals surface area contributed by atoms with Gasteiger partial charge in [-0.25, -0.2) is 9.37 Å². The summed E-state index contributed by atoms with van der Waals surface area (Å²) in [6.07, 6.45) is 1.01. The van der Waals surface area contributed by atoms with Gasteiger partial charge in [-0.2, -0.15) is 0 Å². The largest absolute Gasteiger partial charge is 0.314 e. The Morgan fingerprint density at radius 2 is 2.38 bits per heavy atom. The highest BCUT2D eigenvalue weighted by Gasteiger charge is 2.15. The minimum absolute atomic E-state index is 0.229. The molecule has 1 aromatic rings. The zero-order valence-electron chi connectivity index (χ0n) is 6.23. The van der Waals surface area contributed by atoms with Crippen LogP contribution in [-0.4, -0.2) is 16.3 Å². The minimum atomic E-state index is -0.831. The Balaban J connectivity index is 3.17. The maximum Gasteiger partial charge on any atom is 0.314 e. The number of aromatic nitrogens is 1. The predicted molar refractivity (Wildman–Crippen MR) is 40.5 cm³/mol. The Bertz CT molecular complexity index is 355. The lowest BCUT2D eigenvalue weighted by atomic mass is 10.4. The van der Waals surface area contributed by atoms with Crippen LogP contribution in [0.5, 0.6) is 0 Å². The highest BCUT2D eigenvalue weighted by molar-refractivity contribution is 5.74. The number of anilines is 1. The molecule has 1 heterocycles. The zero-order chi connectivity index (χ0) is 9.84. The molecule has 0 spiro atoms. The highest BCUT2D eigenvalue weighted by Crippen LogP contribution is 2.20. The van der Waals surface area contributed by atoms with Gasteiger partial charge in [0.25, 0.3) is 0 Å². The van der Waals surface area contributed by atoms with E-state index in [1.807, 2.05) is 5.32 Å². The molecule has 0 aliphatic rings. The molecule has 6 nitrogen and oxygen atoms in total. The van der Waals surface area contributed by atoms with Crippen LogP contribution in [0.2, 0.25) is 0 Å². The quantitative estimate of drug-likeness (QED) is 0.426. The summed E-state index contributed by atoms with van der Waals surface area (Å²) in [5.41, 5.74) is -0.577. The van der Waals surface area contributed by atoms with Crippen LogP contribution in [-0.2, 0) is 4.79 Å². The molecule has 13 heavy (non-hydrogen) atoms. The van der Waals surface area contributed by atoms with E-state index < -0.39 is 16.4 Å². The second kappa shape index (κ2) is 3.57. The second-order valence-electron chi connectivity index (χ2n) is 2.04. The molecule has 0 saturated carbocycles. The fraction of sp³-hybridized carbons (Fsp3) is 0. The average molecular weight is 185 g/mol. The Morgan fingerprint density at radius 3 is 2.92 bits per heavy atom. The van der Waals surface area contributed by atoms with Crippen LogP contribution in [0.15, 0.2) is 12.3 Å². The predicted octanol–water partition coefficient (Wildman–Crippen LogP) is 0.697. The molecule has 0 atom stereocenters. The first-order valence-electron chi connectivity index (χ1n) is 3.15. The number of hydrogen-bond donors (Lipinski definition) is 1. The molecule has 0 fully saturated rings. The van der Waals surface area contributed by atoms with Crippen molar-refractivity contribution in [3.05, 3.63) is 28.2 Å². The van der Waals surface area contributed by atoms with Gasteiger partial charge in [0.05, 0.1) is 17.2 Å². The monoisotopic (exact) mass is 185 g/mol. The molecule has 0 unspecified atom stereocenters. The van der Waals surface area contributed by atoms with E-state index in [4.69, 9.17) is 0 Å². The number of rotatable bonds is 3.